The molecule has 1 aliphatic heterocycles. The summed E-state index contributed by atoms with van der Waals surface area (Å²) in [5.74, 6) is 0.928. The lowest BCUT2D eigenvalue weighted by Crippen LogP contribution is -2.55. The van der Waals surface area contributed by atoms with E-state index in [0.29, 0.717) is 31.1 Å². The van der Waals surface area contributed by atoms with E-state index in [1.165, 1.54) is 0 Å². The molecule has 1 aromatic carbocycles. The van der Waals surface area contributed by atoms with Crippen molar-refractivity contribution in [3.63, 3.8) is 0 Å². The van der Waals surface area contributed by atoms with Crippen LogP contribution in [0.25, 0.3) is 0 Å². The van der Waals surface area contributed by atoms with Gasteiger partial charge in [0.25, 0.3) is 0 Å². The summed E-state index contributed by atoms with van der Waals surface area (Å²) in [6, 6.07) is 7.46. The predicted octanol–water partition coefficient (Wildman–Crippen LogP) is 2.53. The van der Waals surface area contributed by atoms with Crippen LogP contribution in [0.15, 0.2) is 29.3 Å². The lowest BCUT2D eigenvalue weighted by atomic mass is 10.0. The Morgan fingerprint density at radius 2 is 1.86 bits per heavy atom. The molecule has 1 saturated heterocycles. The number of nitrogens with one attached hydrogen (secondary N) is 1. The number of halogens is 2. The molecule has 0 spiro atoms. The molecule has 1 aromatic rings. The van der Waals surface area contributed by atoms with Crippen molar-refractivity contribution in [3.05, 3.63) is 34.9 Å². The molecule has 0 atom stereocenters. The molecular weight excluding hydrogens is 491 g/mol. The molecule has 0 unspecified atom stereocenters. The Hall–Kier alpha value is -1.06. The van der Waals surface area contributed by atoms with Gasteiger partial charge in [0, 0.05) is 44.8 Å². The minimum Gasteiger partial charge on any atom is -0.388 e. The Bertz CT molecular complexity index is 687. The van der Waals surface area contributed by atoms with Crippen molar-refractivity contribution >= 4 is 47.4 Å². The first-order valence-corrected chi connectivity index (χ1v) is 10.1. The highest BCUT2D eigenvalue weighted by Crippen LogP contribution is 2.28. The van der Waals surface area contributed by atoms with E-state index >= 15 is 0 Å². The number of aliphatic hydroxyl groups is 1. The Kier molecular flexibility index (Phi) is 8.82. The molecule has 2 aliphatic rings. The van der Waals surface area contributed by atoms with Crippen LogP contribution in [0, 0.1) is 0 Å². The van der Waals surface area contributed by atoms with Crippen LogP contribution in [0.2, 0.25) is 5.02 Å². The normalized spacial score (nSPS) is 19.3. The lowest BCUT2D eigenvalue weighted by molar-refractivity contribution is -0.131. The van der Waals surface area contributed by atoms with E-state index in [0.717, 1.165) is 50.3 Å². The molecule has 2 N–H and O–H groups in total. The van der Waals surface area contributed by atoms with Crippen LogP contribution in [0.5, 0.6) is 0 Å². The van der Waals surface area contributed by atoms with Gasteiger partial charge in [-0.15, -0.1) is 24.0 Å². The maximum Gasteiger partial charge on any atom is 0.227 e. The largest absolute Gasteiger partial charge is 0.388 e. The highest BCUT2D eigenvalue weighted by Gasteiger charge is 2.32. The molecular formula is C20H30ClIN4O2. The van der Waals surface area contributed by atoms with Crippen molar-refractivity contribution in [2.45, 2.75) is 37.7 Å². The summed E-state index contributed by atoms with van der Waals surface area (Å²) in [5.41, 5.74) is 0.335. The van der Waals surface area contributed by atoms with Gasteiger partial charge in [0.2, 0.25) is 5.91 Å². The Morgan fingerprint density at radius 1 is 1.21 bits per heavy atom. The number of hydrogen-bond acceptors (Lipinski definition) is 3. The number of hydrogen-bond donors (Lipinski definition) is 2. The van der Waals surface area contributed by atoms with Gasteiger partial charge in [-0.3, -0.25) is 9.79 Å². The second-order valence-electron chi connectivity index (χ2n) is 7.51. The fraction of sp³-hybridized carbons (Fsp3) is 0.600. The van der Waals surface area contributed by atoms with E-state index < -0.39 is 5.60 Å². The van der Waals surface area contributed by atoms with Gasteiger partial charge >= 0.3 is 0 Å². The van der Waals surface area contributed by atoms with Crippen molar-refractivity contribution in [3.8, 4) is 0 Å². The van der Waals surface area contributed by atoms with Crippen molar-refractivity contribution in [1.29, 1.82) is 0 Å². The van der Waals surface area contributed by atoms with Crippen molar-refractivity contribution in [2.24, 2.45) is 4.99 Å². The predicted molar refractivity (Wildman–Crippen MR) is 124 cm³/mol. The fourth-order valence-electron chi connectivity index (χ4n) is 3.89. The highest BCUT2D eigenvalue weighted by molar-refractivity contribution is 14.0. The summed E-state index contributed by atoms with van der Waals surface area (Å²) in [5, 5.41) is 14.5. The first-order chi connectivity index (χ1) is 13.0. The first kappa shape index (κ1) is 23.2. The Balaban J connectivity index is 0.00000280. The Morgan fingerprint density at radius 3 is 2.46 bits per heavy atom. The van der Waals surface area contributed by atoms with E-state index in [9.17, 15) is 9.90 Å². The monoisotopic (exact) mass is 520 g/mol. The number of guanidine groups is 1. The number of carbonyl (C=O) groups excluding carboxylic acids is 1. The molecule has 2 fully saturated rings. The molecule has 1 heterocycles. The molecule has 6 nitrogen and oxygen atoms in total. The van der Waals surface area contributed by atoms with E-state index in [-0.39, 0.29) is 29.9 Å². The molecule has 0 aromatic heterocycles. The number of piperazine rings is 1. The van der Waals surface area contributed by atoms with Gasteiger partial charge < -0.3 is 20.2 Å². The summed E-state index contributed by atoms with van der Waals surface area (Å²) in [7, 11) is 1.76. The molecule has 156 valence electrons. The third kappa shape index (κ3) is 6.22. The SMILES string of the molecule is CN=C(NCC1(O)CCCC1)N1CCN(C(=O)Cc2cccc(Cl)c2)CC1.I. The maximum absolute atomic E-state index is 12.6. The molecule has 3 rings (SSSR count). The average Bonchev–Trinajstić information content (AvgIpc) is 3.09. The lowest BCUT2D eigenvalue weighted by Gasteiger charge is -2.37. The van der Waals surface area contributed by atoms with E-state index in [1.54, 1.807) is 7.05 Å². The number of carbonyl (C=O) groups is 1. The van der Waals surface area contributed by atoms with Crippen LogP contribution >= 0.6 is 35.6 Å². The number of benzene rings is 1. The smallest absolute Gasteiger partial charge is 0.227 e. The van der Waals surface area contributed by atoms with Gasteiger partial charge in [0.1, 0.15) is 0 Å². The third-order valence-electron chi connectivity index (χ3n) is 5.50. The van der Waals surface area contributed by atoms with Crippen molar-refractivity contribution in [2.75, 3.05) is 39.8 Å². The third-order valence-corrected chi connectivity index (χ3v) is 5.73. The van der Waals surface area contributed by atoms with Crippen LogP contribution in [0.1, 0.15) is 31.2 Å². The minimum atomic E-state index is -0.606. The van der Waals surface area contributed by atoms with E-state index in [4.69, 9.17) is 11.6 Å². The first-order valence-electron chi connectivity index (χ1n) is 9.69. The summed E-state index contributed by atoms with van der Waals surface area (Å²) < 4.78 is 0. The molecule has 0 bridgehead atoms. The standard InChI is InChI=1S/C20H29ClN4O2.HI/c1-22-19(23-15-20(27)7-2-3-8-20)25-11-9-24(10-12-25)18(26)14-16-5-4-6-17(21)13-16;/h4-6,13,27H,2-3,7-12,14-15H2,1H3,(H,22,23);1H. The second kappa shape index (κ2) is 10.6. The zero-order chi connectivity index (χ0) is 19.3. The van der Waals surface area contributed by atoms with Crippen LogP contribution in [0.4, 0.5) is 0 Å². The van der Waals surface area contributed by atoms with E-state index in [1.807, 2.05) is 29.2 Å². The molecule has 0 radical (unpaired) electrons. The van der Waals surface area contributed by atoms with Gasteiger partial charge in [-0.05, 0) is 30.5 Å². The zero-order valence-corrected chi connectivity index (χ0v) is 19.5. The van der Waals surface area contributed by atoms with Crippen LogP contribution in [-0.4, -0.2) is 72.1 Å². The zero-order valence-electron chi connectivity index (χ0n) is 16.4. The summed E-state index contributed by atoms with van der Waals surface area (Å²) in [6.07, 6.45) is 4.25. The van der Waals surface area contributed by atoms with Crippen molar-refractivity contribution in [1.82, 2.24) is 15.1 Å². The average molecular weight is 521 g/mol. The number of amides is 1. The molecule has 8 heteroatoms. The van der Waals surface area contributed by atoms with Crippen LogP contribution in [-0.2, 0) is 11.2 Å². The summed E-state index contributed by atoms with van der Waals surface area (Å²) >= 11 is 6.00. The van der Waals surface area contributed by atoms with Gasteiger partial charge in [0.15, 0.2) is 5.96 Å². The molecule has 1 aliphatic carbocycles. The van der Waals surface area contributed by atoms with Crippen molar-refractivity contribution < 1.29 is 9.90 Å². The number of rotatable bonds is 4. The van der Waals surface area contributed by atoms with Gasteiger partial charge in [0.05, 0.1) is 12.0 Å². The van der Waals surface area contributed by atoms with Gasteiger partial charge in [-0.1, -0.05) is 36.6 Å². The summed E-state index contributed by atoms with van der Waals surface area (Å²) in [6.45, 7) is 3.35. The topological polar surface area (TPSA) is 68.2 Å². The number of aliphatic imine (C=N–C) groups is 1. The second-order valence-corrected chi connectivity index (χ2v) is 7.94. The van der Waals surface area contributed by atoms with Gasteiger partial charge in [-0.2, -0.15) is 0 Å². The van der Waals surface area contributed by atoms with E-state index in [2.05, 4.69) is 15.2 Å². The van der Waals surface area contributed by atoms with Crippen LogP contribution < -0.4 is 5.32 Å². The fourth-order valence-corrected chi connectivity index (χ4v) is 4.10. The van der Waals surface area contributed by atoms with Gasteiger partial charge in [-0.25, -0.2) is 0 Å². The number of nitrogens with zero attached hydrogens (tertiary/aromatic N) is 3. The quantitative estimate of drug-likeness (QED) is 0.364. The molecule has 28 heavy (non-hydrogen) atoms. The molecule has 1 amide bonds. The minimum absolute atomic E-state index is 0. The maximum atomic E-state index is 12.6. The molecule has 1 saturated carbocycles. The Labute approximate surface area is 189 Å². The summed E-state index contributed by atoms with van der Waals surface area (Å²) in [4.78, 5) is 21.0. The highest BCUT2D eigenvalue weighted by atomic mass is 127. The van der Waals surface area contributed by atoms with Crippen LogP contribution in [0.3, 0.4) is 0 Å².